The van der Waals surface area contributed by atoms with Gasteiger partial charge >= 0.3 is 5.97 Å². The number of fused-ring (bicyclic) bond motifs is 7. The van der Waals surface area contributed by atoms with Crippen molar-refractivity contribution in [3.8, 4) is 0 Å². The molecule has 0 N–H and O–H groups in total. The first-order valence-corrected chi connectivity index (χ1v) is 16.0. The molecule has 0 aliphatic heterocycles. The lowest BCUT2D eigenvalue weighted by molar-refractivity contribution is -0.246. The fraction of sp³-hybridized carbons (Fsp3) is 0.778. The van der Waals surface area contributed by atoms with Crippen LogP contribution in [-0.2, 0) is 4.74 Å². The molecule has 1 aromatic heterocycles. The summed E-state index contributed by atoms with van der Waals surface area (Å²) in [5.41, 5.74) is 3.55. The number of pyridine rings is 1. The van der Waals surface area contributed by atoms with Crippen molar-refractivity contribution in [3.63, 3.8) is 0 Å². The molecular formula is C36H53NO2. The van der Waals surface area contributed by atoms with E-state index in [0.717, 1.165) is 30.1 Å². The lowest BCUT2D eigenvalue weighted by Gasteiger charge is -2.73. The first kappa shape index (κ1) is 27.5. The fourth-order valence-electron chi connectivity index (χ4n) is 12.4. The second-order valence-electron chi connectivity index (χ2n) is 16.3. The Morgan fingerprint density at radius 3 is 2.36 bits per heavy atom. The van der Waals surface area contributed by atoms with Crippen LogP contribution in [-0.4, -0.2) is 17.1 Å². The van der Waals surface area contributed by atoms with Gasteiger partial charge in [-0.15, -0.1) is 0 Å². The number of rotatable bonds is 3. The van der Waals surface area contributed by atoms with Crippen molar-refractivity contribution in [3.05, 3.63) is 42.2 Å². The molecular weight excluding hydrogens is 478 g/mol. The average molecular weight is 532 g/mol. The van der Waals surface area contributed by atoms with E-state index in [2.05, 4.69) is 60.0 Å². The third-order valence-corrected chi connectivity index (χ3v) is 14.6. The summed E-state index contributed by atoms with van der Waals surface area (Å²) in [5.74, 6) is 3.46. The van der Waals surface area contributed by atoms with Gasteiger partial charge in [-0.05, 0) is 135 Å². The van der Waals surface area contributed by atoms with E-state index in [1.165, 1.54) is 63.4 Å². The topological polar surface area (TPSA) is 39.2 Å². The molecule has 5 saturated carbocycles. The maximum absolute atomic E-state index is 13.0. The molecule has 0 bridgehead atoms. The number of carbonyl (C=O) groups is 1. The minimum atomic E-state index is -0.215. The highest BCUT2D eigenvalue weighted by Crippen LogP contribution is 2.77. The molecule has 5 unspecified atom stereocenters. The Morgan fingerprint density at radius 1 is 0.897 bits per heavy atom. The molecule has 1 aromatic rings. The minimum Gasteiger partial charge on any atom is -0.458 e. The first-order chi connectivity index (χ1) is 18.3. The lowest BCUT2D eigenvalue weighted by atomic mass is 9.32. The Morgan fingerprint density at radius 2 is 1.67 bits per heavy atom. The van der Waals surface area contributed by atoms with E-state index in [9.17, 15) is 4.79 Å². The van der Waals surface area contributed by atoms with E-state index in [1.807, 2.05) is 12.1 Å². The lowest BCUT2D eigenvalue weighted by Crippen LogP contribution is -2.66. The monoisotopic (exact) mass is 531 g/mol. The van der Waals surface area contributed by atoms with Crippen LogP contribution in [0.4, 0.5) is 0 Å². The van der Waals surface area contributed by atoms with Gasteiger partial charge in [0, 0.05) is 17.8 Å². The van der Waals surface area contributed by atoms with Gasteiger partial charge in [0.15, 0.2) is 0 Å². The summed E-state index contributed by atoms with van der Waals surface area (Å²) in [7, 11) is 0. The van der Waals surface area contributed by atoms with Crippen LogP contribution >= 0.6 is 0 Å². The fourth-order valence-corrected chi connectivity index (χ4v) is 12.4. The number of ether oxygens (including phenoxy) is 1. The van der Waals surface area contributed by atoms with Gasteiger partial charge in [-0.25, -0.2) is 4.79 Å². The van der Waals surface area contributed by atoms with Crippen LogP contribution in [0.25, 0.3) is 0 Å². The highest BCUT2D eigenvalue weighted by atomic mass is 16.5. The standard InChI is InChI=1S/C36H53NO2/c1-23(2)25-13-16-33(5)19-20-35(7)26(30(25)33)11-12-28-34(6)17-15-29(39-31(38)24-10-9-21-37-22-24)32(3,4)27(34)14-18-36(28,35)8/h9-10,21-22,25-30H,1,11-20H2,2-8H3/t25?,26?,27?,28?,29-,30?,33+,34-,35+,36+/m0/s1. The van der Waals surface area contributed by atoms with Crippen molar-refractivity contribution in [1.82, 2.24) is 4.98 Å². The number of aromatic nitrogens is 1. The quantitative estimate of drug-likeness (QED) is 0.288. The molecule has 0 radical (unpaired) electrons. The van der Waals surface area contributed by atoms with Gasteiger partial charge < -0.3 is 4.74 Å². The van der Waals surface area contributed by atoms with Crippen molar-refractivity contribution in [2.45, 2.75) is 119 Å². The van der Waals surface area contributed by atoms with Gasteiger partial charge in [0.25, 0.3) is 0 Å². The van der Waals surface area contributed by atoms with Crippen LogP contribution in [0.2, 0.25) is 0 Å². The van der Waals surface area contributed by atoms with Crippen LogP contribution in [0.1, 0.15) is 123 Å². The van der Waals surface area contributed by atoms with Gasteiger partial charge in [0.2, 0.25) is 0 Å². The van der Waals surface area contributed by atoms with Crippen molar-refractivity contribution < 1.29 is 9.53 Å². The van der Waals surface area contributed by atoms with E-state index in [-0.39, 0.29) is 17.5 Å². The predicted molar refractivity (Wildman–Crippen MR) is 158 cm³/mol. The highest BCUT2D eigenvalue weighted by molar-refractivity contribution is 5.89. The molecule has 1 heterocycles. The van der Waals surface area contributed by atoms with Crippen LogP contribution in [0.3, 0.4) is 0 Å². The molecule has 5 aliphatic carbocycles. The third kappa shape index (κ3) is 3.72. The Hall–Kier alpha value is -1.64. The Kier molecular flexibility index (Phi) is 6.30. The number of carbonyl (C=O) groups excluding carboxylic acids is 1. The largest absolute Gasteiger partial charge is 0.458 e. The van der Waals surface area contributed by atoms with Gasteiger partial charge in [-0.3, -0.25) is 4.98 Å². The minimum absolute atomic E-state index is 0.0361. The number of allylic oxidation sites excluding steroid dienone is 1. The molecule has 0 aromatic carbocycles. The highest BCUT2D eigenvalue weighted by Gasteiger charge is 2.70. The number of esters is 1. The van der Waals surface area contributed by atoms with Gasteiger partial charge in [0.05, 0.1) is 5.56 Å². The van der Waals surface area contributed by atoms with Crippen LogP contribution in [0.5, 0.6) is 0 Å². The van der Waals surface area contributed by atoms with Crippen molar-refractivity contribution in [2.75, 3.05) is 0 Å². The van der Waals surface area contributed by atoms with Crippen molar-refractivity contribution in [2.24, 2.45) is 56.7 Å². The summed E-state index contributed by atoms with van der Waals surface area (Å²) in [6.07, 6.45) is 16.3. The van der Waals surface area contributed by atoms with Gasteiger partial charge in [-0.1, -0.05) is 53.7 Å². The number of hydrogen-bond donors (Lipinski definition) is 0. The second-order valence-corrected chi connectivity index (χ2v) is 16.3. The van der Waals surface area contributed by atoms with Crippen LogP contribution < -0.4 is 0 Å². The molecule has 6 rings (SSSR count). The normalized spacial score (nSPS) is 48.2. The smallest absolute Gasteiger partial charge is 0.339 e. The van der Waals surface area contributed by atoms with Crippen LogP contribution in [0, 0.1) is 56.7 Å². The maximum Gasteiger partial charge on any atom is 0.339 e. The van der Waals surface area contributed by atoms with Crippen molar-refractivity contribution >= 4 is 5.97 Å². The average Bonchev–Trinajstić information content (AvgIpc) is 3.24. The van der Waals surface area contributed by atoms with Crippen molar-refractivity contribution in [1.29, 1.82) is 0 Å². The first-order valence-electron chi connectivity index (χ1n) is 16.0. The Balaban J connectivity index is 1.28. The van der Waals surface area contributed by atoms with E-state index in [4.69, 9.17) is 4.74 Å². The SMILES string of the molecule is C=C(C)C1CC[C@]2(C)CC[C@]3(C)C(CCC4[C@@]5(C)CC[C@H](OC(=O)c6cccnc6)C(C)(C)C5CC[C@]43C)C12. The molecule has 0 spiro atoms. The summed E-state index contributed by atoms with van der Waals surface area (Å²) in [5, 5.41) is 0. The summed E-state index contributed by atoms with van der Waals surface area (Å²) >= 11 is 0. The molecule has 0 saturated heterocycles. The number of nitrogens with zero attached hydrogens (tertiary/aromatic N) is 1. The summed E-state index contributed by atoms with van der Waals surface area (Å²) in [4.78, 5) is 17.2. The van der Waals surface area contributed by atoms with Gasteiger partial charge in [0.1, 0.15) is 6.10 Å². The predicted octanol–water partition coefficient (Wildman–Crippen LogP) is 9.28. The van der Waals surface area contributed by atoms with Crippen LogP contribution in [0.15, 0.2) is 36.7 Å². The summed E-state index contributed by atoms with van der Waals surface area (Å²) in [6.45, 7) is 22.3. The number of hydrogen-bond acceptors (Lipinski definition) is 3. The maximum atomic E-state index is 13.0. The van der Waals surface area contributed by atoms with Gasteiger partial charge in [-0.2, -0.15) is 0 Å². The molecule has 3 nitrogen and oxygen atoms in total. The zero-order valence-corrected chi connectivity index (χ0v) is 25.8. The van der Waals surface area contributed by atoms with E-state index in [1.54, 1.807) is 12.4 Å². The molecule has 5 aliphatic rings. The molecule has 0 amide bonds. The molecule has 10 atom stereocenters. The van der Waals surface area contributed by atoms with E-state index >= 15 is 0 Å². The summed E-state index contributed by atoms with van der Waals surface area (Å²) in [6, 6.07) is 3.63. The zero-order valence-electron chi connectivity index (χ0n) is 25.8. The Labute approximate surface area is 238 Å². The van der Waals surface area contributed by atoms with E-state index in [0.29, 0.717) is 33.1 Å². The molecule has 39 heavy (non-hydrogen) atoms. The zero-order chi connectivity index (χ0) is 28.0. The summed E-state index contributed by atoms with van der Waals surface area (Å²) < 4.78 is 6.26. The third-order valence-electron chi connectivity index (χ3n) is 14.6. The molecule has 3 heteroatoms. The molecule has 5 fully saturated rings. The second kappa shape index (κ2) is 8.93. The molecule has 214 valence electrons. The Bertz CT molecular complexity index is 1140. The van der Waals surface area contributed by atoms with E-state index < -0.39 is 0 Å².